The molecule has 0 spiro atoms. The molecule has 2 aliphatic heterocycles. The molecular weight excluding hydrogens is 407 g/mol. The summed E-state index contributed by atoms with van der Waals surface area (Å²) < 4.78 is 45.3. The number of halogens is 3. The number of nitrogens with zero attached hydrogens (tertiary/aromatic N) is 3. The predicted octanol–water partition coefficient (Wildman–Crippen LogP) is 6.12. The minimum atomic E-state index is -4.53. The Balaban J connectivity index is 1.54. The van der Waals surface area contributed by atoms with E-state index in [4.69, 9.17) is 11.3 Å². The van der Waals surface area contributed by atoms with Crippen LogP contribution in [0.4, 0.5) is 29.3 Å². The number of likely N-dealkylation sites (tertiary alicyclic amines) is 1. The minimum Gasteiger partial charge on any atom is -0.444 e. The minimum absolute atomic E-state index is 0.260. The number of hydrogen-bond acceptors (Lipinski definition) is 3. The average molecular weight is 438 g/mol. The highest BCUT2D eigenvalue weighted by atomic mass is 19.4. The van der Waals surface area contributed by atoms with E-state index in [1.54, 1.807) is 11.0 Å². The lowest BCUT2D eigenvalue weighted by Gasteiger charge is -2.41. The van der Waals surface area contributed by atoms with Crippen molar-refractivity contribution in [3.63, 3.8) is 0 Å². The van der Waals surface area contributed by atoms with Gasteiger partial charge in [0.05, 0.1) is 12.1 Å². The number of rotatable bonds is 2. The van der Waals surface area contributed by atoms with Crippen molar-refractivity contribution in [2.45, 2.75) is 58.2 Å². The van der Waals surface area contributed by atoms with Gasteiger partial charge in [0.2, 0.25) is 0 Å². The second-order valence-corrected chi connectivity index (χ2v) is 9.44. The number of benzene rings is 1. The van der Waals surface area contributed by atoms with E-state index in [0.717, 1.165) is 31.7 Å². The van der Waals surface area contributed by atoms with Gasteiger partial charge in [0.25, 0.3) is 0 Å². The number of hydrogen-bond donors (Lipinski definition) is 0. The molecule has 2 heterocycles. The first-order chi connectivity index (χ1) is 14.5. The summed E-state index contributed by atoms with van der Waals surface area (Å²) in [5, 5.41) is 0. The van der Waals surface area contributed by atoms with Crippen LogP contribution in [0.3, 0.4) is 0 Å². The maximum absolute atomic E-state index is 13.3. The Kier molecular flexibility index (Phi) is 6.73. The third-order valence-electron chi connectivity index (χ3n) is 6.17. The van der Waals surface area contributed by atoms with Crippen molar-refractivity contribution >= 4 is 17.5 Å². The van der Waals surface area contributed by atoms with E-state index >= 15 is 0 Å². The van der Waals surface area contributed by atoms with Gasteiger partial charge in [-0.2, -0.15) is 13.2 Å². The van der Waals surface area contributed by atoms with Crippen molar-refractivity contribution in [3.8, 4) is 0 Å². The van der Waals surface area contributed by atoms with Crippen LogP contribution in [0.15, 0.2) is 18.2 Å². The first kappa shape index (κ1) is 23.2. The fourth-order valence-electron chi connectivity index (χ4n) is 4.55. The molecule has 0 bridgehead atoms. The van der Waals surface area contributed by atoms with Crippen LogP contribution < -0.4 is 4.90 Å². The average Bonchev–Trinajstić information content (AvgIpc) is 2.71. The highest BCUT2D eigenvalue weighted by Crippen LogP contribution is 2.40. The summed E-state index contributed by atoms with van der Waals surface area (Å²) in [6.45, 7) is 15.3. The largest absolute Gasteiger partial charge is 0.444 e. The molecule has 170 valence electrons. The molecule has 2 saturated heterocycles. The van der Waals surface area contributed by atoms with Gasteiger partial charge in [-0.15, -0.1) is 0 Å². The summed E-state index contributed by atoms with van der Waals surface area (Å²) >= 11 is 0. The Labute approximate surface area is 182 Å². The molecule has 0 atom stereocenters. The van der Waals surface area contributed by atoms with Crippen LogP contribution in [0.2, 0.25) is 0 Å². The number of alkyl halides is 3. The monoisotopic (exact) mass is 437 g/mol. The fraction of sp³-hybridized carbons (Fsp3) is 0.652. The Hall–Kier alpha value is -2.43. The summed E-state index contributed by atoms with van der Waals surface area (Å²) in [4.78, 5) is 19.0. The van der Waals surface area contributed by atoms with Gasteiger partial charge in [-0.05, 0) is 70.4 Å². The molecule has 2 aliphatic rings. The zero-order chi connectivity index (χ0) is 22.8. The van der Waals surface area contributed by atoms with Crippen LogP contribution in [0.5, 0.6) is 0 Å². The van der Waals surface area contributed by atoms with Crippen LogP contribution in [0.25, 0.3) is 4.85 Å². The first-order valence-electron chi connectivity index (χ1n) is 10.8. The molecule has 0 aromatic heterocycles. The maximum Gasteiger partial charge on any atom is 0.410 e. The Morgan fingerprint density at radius 1 is 1.03 bits per heavy atom. The molecule has 0 aliphatic carbocycles. The third-order valence-corrected chi connectivity index (χ3v) is 6.17. The molecule has 1 aromatic carbocycles. The van der Waals surface area contributed by atoms with Gasteiger partial charge in [-0.3, -0.25) is 0 Å². The van der Waals surface area contributed by atoms with Gasteiger partial charge in [0.15, 0.2) is 5.69 Å². The maximum atomic E-state index is 13.3. The molecule has 8 heteroatoms. The number of anilines is 1. The van der Waals surface area contributed by atoms with E-state index in [-0.39, 0.29) is 11.8 Å². The number of carbonyl (C=O) groups is 1. The van der Waals surface area contributed by atoms with Gasteiger partial charge in [-0.25, -0.2) is 9.64 Å². The van der Waals surface area contributed by atoms with Crippen LogP contribution in [0.1, 0.15) is 52.0 Å². The van der Waals surface area contributed by atoms with Gasteiger partial charge < -0.3 is 14.5 Å². The number of amides is 1. The van der Waals surface area contributed by atoms with E-state index in [1.165, 1.54) is 6.07 Å². The second-order valence-electron chi connectivity index (χ2n) is 9.44. The van der Waals surface area contributed by atoms with Crippen molar-refractivity contribution in [2.75, 3.05) is 31.1 Å². The molecule has 0 radical (unpaired) electrons. The molecule has 0 N–H and O–H groups in total. The molecule has 1 aromatic rings. The second kappa shape index (κ2) is 8.97. The van der Waals surface area contributed by atoms with Crippen molar-refractivity contribution < 1.29 is 22.7 Å². The van der Waals surface area contributed by atoms with E-state index in [1.807, 2.05) is 25.7 Å². The zero-order valence-electron chi connectivity index (χ0n) is 18.3. The number of ether oxygens (including phenoxy) is 1. The van der Waals surface area contributed by atoms with Crippen molar-refractivity contribution in [1.82, 2.24) is 4.90 Å². The lowest BCUT2D eigenvalue weighted by molar-refractivity contribution is -0.136. The normalized spacial score (nSPS) is 19.3. The summed E-state index contributed by atoms with van der Waals surface area (Å²) in [5.41, 5.74) is -1.20. The van der Waals surface area contributed by atoms with E-state index in [0.29, 0.717) is 43.7 Å². The third kappa shape index (κ3) is 5.84. The molecule has 2 fully saturated rings. The summed E-state index contributed by atoms with van der Waals surface area (Å²) in [5.74, 6) is 1.04. The lowest BCUT2D eigenvalue weighted by Crippen LogP contribution is -2.44. The topological polar surface area (TPSA) is 37.1 Å². The highest BCUT2D eigenvalue weighted by molar-refractivity contribution is 5.68. The van der Waals surface area contributed by atoms with E-state index in [2.05, 4.69) is 4.85 Å². The van der Waals surface area contributed by atoms with Crippen LogP contribution in [-0.2, 0) is 10.9 Å². The van der Waals surface area contributed by atoms with Gasteiger partial charge in [0.1, 0.15) is 5.60 Å². The molecule has 0 unspecified atom stereocenters. The number of piperidine rings is 2. The van der Waals surface area contributed by atoms with Gasteiger partial charge >= 0.3 is 12.3 Å². The SMILES string of the molecule is [C-]#[N+]c1ccc(N2CCC(C3CCN(C(=O)OC(C)(C)C)CC3)CC2)cc1C(F)(F)F. The summed E-state index contributed by atoms with van der Waals surface area (Å²) in [6, 6.07) is 3.99. The fourth-order valence-corrected chi connectivity index (χ4v) is 4.55. The zero-order valence-corrected chi connectivity index (χ0v) is 18.3. The summed E-state index contributed by atoms with van der Waals surface area (Å²) in [7, 11) is 0. The highest BCUT2D eigenvalue weighted by Gasteiger charge is 2.35. The molecule has 31 heavy (non-hydrogen) atoms. The van der Waals surface area contributed by atoms with Crippen LogP contribution in [-0.4, -0.2) is 42.8 Å². The molecule has 0 saturated carbocycles. The first-order valence-corrected chi connectivity index (χ1v) is 10.8. The molecular formula is C23H30F3N3O2. The van der Waals surface area contributed by atoms with E-state index in [9.17, 15) is 18.0 Å². The van der Waals surface area contributed by atoms with E-state index < -0.39 is 17.3 Å². The number of carbonyl (C=O) groups excluding carboxylic acids is 1. The molecule has 1 amide bonds. The van der Waals surface area contributed by atoms with Crippen molar-refractivity contribution in [1.29, 1.82) is 0 Å². The van der Waals surface area contributed by atoms with Gasteiger partial charge in [0, 0.05) is 31.9 Å². The predicted molar refractivity (Wildman–Crippen MR) is 113 cm³/mol. The Bertz CT molecular complexity index is 826. The Morgan fingerprint density at radius 2 is 1.58 bits per heavy atom. The van der Waals surface area contributed by atoms with Crippen LogP contribution >= 0.6 is 0 Å². The standard InChI is InChI=1S/C23H30F3N3O2/c1-22(2,3)31-21(30)29-13-9-17(10-14-29)16-7-11-28(12-8-16)18-5-6-20(27-4)19(15-18)23(24,25)26/h5-6,15-17H,7-14H2,1-3H3. The van der Waals surface area contributed by atoms with Crippen molar-refractivity contribution in [2.24, 2.45) is 11.8 Å². The quantitative estimate of drug-likeness (QED) is 0.523. The Morgan fingerprint density at radius 3 is 2.06 bits per heavy atom. The van der Waals surface area contributed by atoms with Crippen LogP contribution in [0, 0.1) is 18.4 Å². The molecule has 5 nitrogen and oxygen atoms in total. The summed E-state index contributed by atoms with van der Waals surface area (Å²) in [6.07, 6.45) is -1.09. The van der Waals surface area contributed by atoms with Gasteiger partial charge in [-0.1, -0.05) is 6.07 Å². The van der Waals surface area contributed by atoms with Crippen molar-refractivity contribution in [3.05, 3.63) is 35.2 Å². The molecule has 3 rings (SSSR count). The lowest BCUT2D eigenvalue weighted by atomic mass is 9.79. The smallest absolute Gasteiger partial charge is 0.410 e.